The van der Waals surface area contributed by atoms with E-state index in [4.69, 9.17) is 16.7 Å². The third-order valence-electron chi connectivity index (χ3n) is 2.10. The molecule has 1 N–H and O–H groups in total. The summed E-state index contributed by atoms with van der Waals surface area (Å²) in [5, 5.41) is 9.59. The van der Waals surface area contributed by atoms with Gasteiger partial charge in [-0.15, -0.1) is 0 Å². The number of halogens is 1. The van der Waals surface area contributed by atoms with E-state index in [2.05, 4.69) is 9.88 Å². The van der Waals surface area contributed by atoms with Crippen LogP contribution in [0.15, 0.2) is 18.2 Å². The van der Waals surface area contributed by atoms with Crippen molar-refractivity contribution in [3.63, 3.8) is 0 Å². The number of aromatic nitrogens is 1. The Morgan fingerprint density at radius 1 is 1.54 bits per heavy atom. The largest absolute Gasteiger partial charge is 0.390 e. The number of likely N-dealkylation sites (tertiary alicyclic amines) is 1. The van der Waals surface area contributed by atoms with Crippen LogP contribution in [0.25, 0.3) is 0 Å². The standard InChI is InChI=1S/C9H11ClN2O/c10-9-3-1-2-7(11-9)4-12-5-8(13)6-12/h1-3,8,13H,4-6H2. The number of hydrogen-bond donors (Lipinski definition) is 1. The highest BCUT2D eigenvalue weighted by molar-refractivity contribution is 6.29. The smallest absolute Gasteiger partial charge is 0.129 e. The quantitative estimate of drug-likeness (QED) is 0.718. The second kappa shape index (κ2) is 3.62. The maximum absolute atomic E-state index is 9.06. The third-order valence-corrected chi connectivity index (χ3v) is 2.31. The van der Waals surface area contributed by atoms with Crippen LogP contribution >= 0.6 is 11.6 Å². The monoisotopic (exact) mass is 198 g/mol. The Kier molecular flexibility index (Phi) is 2.49. The number of aliphatic hydroxyl groups excluding tert-OH is 1. The van der Waals surface area contributed by atoms with Crippen molar-refractivity contribution in [1.29, 1.82) is 0 Å². The lowest BCUT2D eigenvalue weighted by atomic mass is 10.1. The average molecular weight is 199 g/mol. The van der Waals surface area contributed by atoms with Gasteiger partial charge in [-0.3, -0.25) is 4.90 Å². The van der Waals surface area contributed by atoms with Crippen molar-refractivity contribution in [1.82, 2.24) is 9.88 Å². The van der Waals surface area contributed by atoms with Gasteiger partial charge >= 0.3 is 0 Å². The molecule has 4 heteroatoms. The average Bonchev–Trinajstić information content (AvgIpc) is 2.01. The van der Waals surface area contributed by atoms with Crippen molar-refractivity contribution >= 4 is 11.6 Å². The Bertz CT molecular complexity index is 299. The van der Waals surface area contributed by atoms with Crippen LogP contribution in [0.1, 0.15) is 5.69 Å². The molecule has 0 amide bonds. The second-order valence-electron chi connectivity index (χ2n) is 3.30. The fourth-order valence-electron chi connectivity index (χ4n) is 1.44. The molecule has 1 saturated heterocycles. The summed E-state index contributed by atoms with van der Waals surface area (Å²) >= 11 is 5.74. The van der Waals surface area contributed by atoms with Crippen molar-refractivity contribution < 1.29 is 5.11 Å². The molecule has 0 spiro atoms. The summed E-state index contributed by atoms with van der Waals surface area (Å²) in [6.07, 6.45) is -0.154. The first-order chi connectivity index (χ1) is 6.24. The molecule has 0 radical (unpaired) electrons. The fourth-order valence-corrected chi connectivity index (χ4v) is 1.62. The van der Waals surface area contributed by atoms with Gasteiger partial charge in [0.2, 0.25) is 0 Å². The molecule has 0 aliphatic carbocycles. The molecule has 2 rings (SSSR count). The van der Waals surface area contributed by atoms with E-state index in [1.807, 2.05) is 12.1 Å². The van der Waals surface area contributed by atoms with Gasteiger partial charge in [-0.05, 0) is 12.1 Å². The zero-order valence-corrected chi connectivity index (χ0v) is 7.91. The van der Waals surface area contributed by atoms with E-state index >= 15 is 0 Å². The summed E-state index contributed by atoms with van der Waals surface area (Å²) in [7, 11) is 0. The van der Waals surface area contributed by atoms with Gasteiger partial charge in [0, 0.05) is 19.6 Å². The lowest BCUT2D eigenvalue weighted by molar-refractivity contribution is -0.00353. The molecule has 2 heterocycles. The zero-order valence-electron chi connectivity index (χ0n) is 7.15. The lowest BCUT2D eigenvalue weighted by Gasteiger charge is -2.35. The fraction of sp³-hybridized carbons (Fsp3) is 0.444. The van der Waals surface area contributed by atoms with E-state index in [0.29, 0.717) is 5.15 Å². The minimum Gasteiger partial charge on any atom is -0.390 e. The molecule has 0 unspecified atom stereocenters. The van der Waals surface area contributed by atoms with Crippen LogP contribution in [0.2, 0.25) is 5.15 Å². The van der Waals surface area contributed by atoms with Gasteiger partial charge in [0.15, 0.2) is 0 Å². The van der Waals surface area contributed by atoms with Gasteiger partial charge in [0.05, 0.1) is 11.8 Å². The van der Waals surface area contributed by atoms with Crippen LogP contribution in [-0.2, 0) is 6.54 Å². The predicted octanol–water partition coefficient (Wildman–Crippen LogP) is 0.911. The molecule has 70 valence electrons. The zero-order chi connectivity index (χ0) is 9.26. The van der Waals surface area contributed by atoms with Gasteiger partial charge in [-0.2, -0.15) is 0 Å². The van der Waals surface area contributed by atoms with Crippen LogP contribution in [0.5, 0.6) is 0 Å². The van der Waals surface area contributed by atoms with E-state index in [1.54, 1.807) is 6.07 Å². The highest BCUT2D eigenvalue weighted by Crippen LogP contribution is 2.13. The first-order valence-electron chi connectivity index (χ1n) is 4.26. The topological polar surface area (TPSA) is 36.4 Å². The third kappa shape index (κ3) is 2.18. The summed E-state index contributed by atoms with van der Waals surface area (Å²) < 4.78 is 0. The summed E-state index contributed by atoms with van der Waals surface area (Å²) in [4.78, 5) is 6.29. The minimum atomic E-state index is -0.154. The second-order valence-corrected chi connectivity index (χ2v) is 3.69. The highest BCUT2D eigenvalue weighted by atomic mass is 35.5. The number of nitrogens with zero attached hydrogens (tertiary/aromatic N) is 2. The molecule has 0 aromatic carbocycles. The molecular formula is C9H11ClN2O. The van der Waals surface area contributed by atoms with Crippen molar-refractivity contribution in [2.24, 2.45) is 0 Å². The van der Waals surface area contributed by atoms with E-state index in [1.165, 1.54) is 0 Å². The summed E-state index contributed by atoms with van der Waals surface area (Å²) in [6, 6.07) is 5.59. The van der Waals surface area contributed by atoms with Gasteiger partial charge in [-0.25, -0.2) is 4.98 Å². The molecular weight excluding hydrogens is 188 g/mol. The molecule has 1 aliphatic rings. The van der Waals surface area contributed by atoms with Crippen molar-refractivity contribution in [2.45, 2.75) is 12.6 Å². The first kappa shape index (κ1) is 8.94. The summed E-state index contributed by atoms with van der Waals surface area (Å²) in [5.74, 6) is 0. The number of β-amino-alcohol motifs (C(OH)–C–C–N with tert-alkyl or cyclic N) is 1. The first-order valence-corrected chi connectivity index (χ1v) is 4.64. The Morgan fingerprint density at radius 3 is 2.92 bits per heavy atom. The van der Waals surface area contributed by atoms with E-state index in [0.717, 1.165) is 25.3 Å². The minimum absolute atomic E-state index is 0.154. The molecule has 0 saturated carbocycles. The molecule has 3 nitrogen and oxygen atoms in total. The van der Waals surface area contributed by atoms with Crippen LogP contribution < -0.4 is 0 Å². The normalized spacial score (nSPS) is 18.6. The van der Waals surface area contributed by atoms with Gasteiger partial charge < -0.3 is 5.11 Å². The molecule has 1 fully saturated rings. The van der Waals surface area contributed by atoms with E-state index in [9.17, 15) is 0 Å². The Labute approximate surface area is 82.0 Å². The maximum Gasteiger partial charge on any atom is 0.129 e. The van der Waals surface area contributed by atoms with Gasteiger partial charge in [0.25, 0.3) is 0 Å². The molecule has 1 aliphatic heterocycles. The Hall–Kier alpha value is -0.640. The summed E-state index contributed by atoms with van der Waals surface area (Å²) in [5.41, 5.74) is 0.958. The number of aliphatic hydroxyl groups is 1. The number of pyridine rings is 1. The van der Waals surface area contributed by atoms with E-state index < -0.39 is 0 Å². The van der Waals surface area contributed by atoms with Gasteiger partial charge in [-0.1, -0.05) is 17.7 Å². The van der Waals surface area contributed by atoms with Crippen molar-refractivity contribution in [3.8, 4) is 0 Å². The molecule has 0 bridgehead atoms. The molecule has 0 atom stereocenters. The SMILES string of the molecule is OC1CN(Cc2cccc(Cl)n2)C1. The van der Waals surface area contributed by atoms with Crippen LogP contribution in [-0.4, -0.2) is 34.2 Å². The Morgan fingerprint density at radius 2 is 2.31 bits per heavy atom. The molecule has 1 aromatic rings. The van der Waals surface area contributed by atoms with Crippen molar-refractivity contribution in [3.05, 3.63) is 29.0 Å². The number of rotatable bonds is 2. The molecule has 1 aromatic heterocycles. The lowest BCUT2D eigenvalue weighted by Crippen LogP contribution is -2.49. The van der Waals surface area contributed by atoms with Crippen LogP contribution in [0.3, 0.4) is 0 Å². The molecule has 13 heavy (non-hydrogen) atoms. The highest BCUT2D eigenvalue weighted by Gasteiger charge is 2.24. The van der Waals surface area contributed by atoms with Gasteiger partial charge in [0.1, 0.15) is 5.15 Å². The number of hydrogen-bond acceptors (Lipinski definition) is 3. The van der Waals surface area contributed by atoms with Crippen LogP contribution in [0.4, 0.5) is 0 Å². The summed E-state index contributed by atoms with van der Waals surface area (Å²) in [6.45, 7) is 2.26. The van der Waals surface area contributed by atoms with Crippen LogP contribution in [0, 0.1) is 0 Å². The Balaban J connectivity index is 1.94. The maximum atomic E-state index is 9.06. The van der Waals surface area contributed by atoms with Crippen molar-refractivity contribution in [2.75, 3.05) is 13.1 Å². The van der Waals surface area contributed by atoms with E-state index in [-0.39, 0.29) is 6.10 Å². The predicted molar refractivity (Wildman–Crippen MR) is 50.5 cm³/mol.